The summed E-state index contributed by atoms with van der Waals surface area (Å²) >= 11 is 0. The van der Waals surface area contributed by atoms with Crippen molar-refractivity contribution < 1.29 is 14.3 Å². The second kappa shape index (κ2) is 6.68. The lowest BCUT2D eigenvalue weighted by atomic mass is 10.3. The summed E-state index contributed by atoms with van der Waals surface area (Å²) in [5, 5.41) is 0. The first-order valence-electron chi connectivity index (χ1n) is 5.66. The normalized spacial score (nSPS) is 16.9. The quantitative estimate of drug-likeness (QED) is 0.504. The predicted octanol–water partition coefficient (Wildman–Crippen LogP) is 3.27. The van der Waals surface area contributed by atoms with E-state index in [1.54, 1.807) is 0 Å². The third kappa shape index (κ3) is 4.49. The third-order valence-electron chi connectivity index (χ3n) is 2.53. The molecule has 0 spiro atoms. The molecule has 1 saturated carbocycles. The molecule has 0 aromatic carbocycles. The maximum Gasteiger partial charge on any atom is 0.508 e. The molecular weight excluding hydrogens is 180 g/mol. The van der Waals surface area contributed by atoms with Crippen LogP contribution >= 0.6 is 0 Å². The van der Waals surface area contributed by atoms with Gasteiger partial charge in [-0.2, -0.15) is 0 Å². The standard InChI is InChI=1S/C11H20O3/c1-2-3-6-9-13-11(12)14-10-7-4-5-8-10/h10H,2-9H2,1H3. The van der Waals surface area contributed by atoms with E-state index in [0.717, 1.165) is 32.1 Å². The fraction of sp³-hybridized carbons (Fsp3) is 0.909. The zero-order valence-corrected chi connectivity index (χ0v) is 8.96. The van der Waals surface area contributed by atoms with Gasteiger partial charge < -0.3 is 9.47 Å². The van der Waals surface area contributed by atoms with Crippen molar-refractivity contribution in [2.45, 2.75) is 58.0 Å². The maximum absolute atomic E-state index is 11.1. The van der Waals surface area contributed by atoms with Crippen LogP contribution in [-0.2, 0) is 9.47 Å². The van der Waals surface area contributed by atoms with E-state index in [9.17, 15) is 4.79 Å². The number of unbranched alkanes of at least 4 members (excludes halogenated alkanes) is 2. The van der Waals surface area contributed by atoms with Crippen molar-refractivity contribution in [2.24, 2.45) is 0 Å². The third-order valence-corrected chi connectivity index (χ3v) is 2.53. The van der Waals surface area contributed by atoms with Crippen LogP contribution in [0.2, 0.25) is 0 Å². The van der Waals surface area contributed by atoms with Crippen LogP contribution in [0.25, 0.3) is 0 Å². The summed E-state index contributed by atoms with van der Waals surface area (Å²) in [6.07, 6.45) is 7.19. The van der Waals surface area contributed by atoms with Crippen LogP contribution in [0.15, 0.2) is 0 Å². The fourth-order valence-corrected chi connectivity index (χ4v) is 1.68. The minimum Gasteiger partial charge on any atom is -0.434 e. The Morgan fingerprint density at radius 1 is 1.29 bits per heavy atom. The van der Waals surface area contributed by atoms with Crippen LogP contribution < -0.4 is 0 Å². The highest BCUT2D eigenvalue weighted by Crippen LogP contribution is 2.21. The van der Waals surface area contributed by atoms with Gasteiger partial charge in [0.1, 0.15) is 6.10 Å². The summed E-state index contributed by atoms with van der Waals surface area (Å²) in [5.41, 5.74) is 0. The second-order valence-electron chi connectivity index (χ2n) is 3.83. The van der Waals surface area contributed by atoms with Crippen molar-refractivity contribution in [1.82, 2.24) is 0 Å². The number of hydrogen-bond acceptors (Lipinski definition) is 3. The first-order chi connectivity index (χ1) is 6.83. The second-order valence-corrected chi connectivity index (χ2v) is 3.83. The van der Waals surface area contributed by atoms with Gasteiger partial charge in [0, 0.05) is 0 Å². The van der Waals surface area contributed by atoms with Gasteiger partial charge in [-0.15, -0.1) is 0 Å². The number of carbonyl (C=O) groups is 1. The smallest absolute Gasteiger partial charge is 0.434 e. The molecule has 0 aliphatic heterocycles. The summed E-state index contributed by atoms with van der Waals surface area (Å²) in [5.74, 6) is 0. The van der Waals surface area contributed by atoms with E-state index in [0.29, 0.717) is 6.61 Å². The predicted molar refractivity (Wildman–Crippen MR) is 54.2 cm³/mol. The lowest BCUT2D eigenvalue weighted by Gasteiger charge is -2.10. The largest absolute Gasteiger partial charge is 0.508 e. The molecule has 0 unspecified atom stereocenters. The molecule has 14 heavy (non-hydrogen) atoms. The van der Waals surface area contributed by atoms with E-state index in [2.05, 4.69) is 6.92 Å². The Morgan fingerprint density at radius 2 is 2.00 bits per heavy atom. The Balaban J connectivity index is 1.98. The molecule has 0 aromatic heterocycles. The van der Waals surface area contributed by atoms with Crippen LogP contribution in [0, 0.1) is 0 Å². The zero-order chi connectivity index (χ0) is 10.2. The summed E-state index contributed by atoms with van der Waals surface area (Å²) in [6, 6.07) is 0. The fourth-order valence-electron chi connectivity index (χ4n) is 1.68. The monoisotopic (exact) mass is 200 g/mol. The van der Waals surface area contributed by atoms with Gasteiger partial charge in [0.2, 0.25) is 0 Å². The topological polar surface area (TPSA) is 35.5 Å². The Hall–Kier alpha value is -0.730. The van der Waals surface area contributed by atoms with Crippen LogP contribution in [0.1, 0.15) is 51.9 Å². The average Bonchev–Trinajstić information content (AvgIpc) is 2.65. The first kappa shape index (κ1) is 11.3. The molecular formula is C11H20O3. The van der Waals surface area contributed by atoms with Crippen LogP contribution in [-0.4, -0.2) is 18.9 Å². The molecule has 0 bridgehead atoms. The molecule has 0 heterocycles. The van der Waals surface area contributed by atoms with Gasteiger partial charge in [-0.05, 0) is 32.1 Å². The maximum atomic E-state index is 11.1. The lowest BCUT2D eigenvalue weighted by Crippen LogP contribution is -2.16. The van der Waals surface area contributed by atoms with Crippen molar-refractivity contribution in [3.63, 3.8) is 0 Å². The highest BCUT2D eigenvalue weighted by atomic mass is 16.7. The van der Waals surface area contributed by atoms with Crippen LogP contribution in [0.5, 0.6) is 0 Å². The van der Waals surface area contributed by atoms with Gasteiger partial charge in [-0.3, -0.25) is 0 Å². The Bertz CT molecular complexity index is 162. The highest BCUT2D eigenvalue weighted by molar-refractivity contribution is 5.60. The first-order valence-corrected chi connectivity index (χ1v) is 5.66. The number of carbonyl (C=O) groups excluding carboxylic acids is 1. The summed E-state index contributed by atoms with van der Waals surface area (Å²) in [7, 11) is 0. The van der Waals surface area contributed by atoms with E-state index >= 15 is 0 Å². The molecule has 1 aliphatic carbocycles. The van der Waals surface area contributed by atoms with E-state index in [-0.39, 0.29) is 6.10 Å². The van der Waals surface area contributed by atoms with Gasteiger partial charge in [0.15, 0.2) is 0 Å². The number of rotatable bonds is 5. The highest BCUT2D eigenvalue weighted by Gasteiger charge is 2.19. The van der Waals surface area contributed by atoms with Gasteiger partial charge in [-0.1, -0.05) is 19.8 Å². The van der Waals surface area contributed by atoms with Gasteiger partial charge >= 0.3 is 6.16 Å². The van der Waals surface area contributed by atoms with Crippen molar-refractivity contribution in [3.8, 4) is 0 Å². The van der Waals surface area contributed by atoms with E-state index in [1.165, 1.54) is 12.8 Å². The zero-order valence-electron chi connectivity index (χ0n) is 8.96. The molecule has 0 atom stereocenters. The average molecular weight is 200 g/mol. The van der Waals surface area contributed by atoms with Crippen molar-refractivity contribution in [3.05, 3.63) is 0 Å². The number of hydrogen-bond donors (Lipinski definition) is 0. The van der Waals surface area contributed by atoms with Crippen molar-refractivity contribution in [2.75, 3.05) is 6.61 Å². The van der Waals surface area contributed by atoms with Crippen LogP contribution in [0.3, 0.4) is 0 Å². The van der Waals surface area contributed by atoms with Crippen molar-refractivity contribution >= 4 is 6.16 Å². The summed E-state index contributed by atoms with van der Waals surface area (Å²) in [6.45, 7) is 2.62. The summed E-state index contributed by atoms with van der Waals surface area (Å²) in [4.78, 5) is 11.1. The van der Waals surface area contributed by atoms with Gasteiger partial charge in [0.05, 0.1) is 6.61 Å². The van der Waals surface area contributed by atoms with Crippen molar-refractivity contribution in [1.29, 1.82) is 0 Å². The van der Waals surface area contributed by atoms with Crippen LogP contribution in [0.4, 0.5) is 4.79 Å². The van der Waals surface area contributed by atoms with Gasteiger partial charge in [-0.25, -0.2) is 4.79 Å². The molecule has 0 N–H and O–H groups in total. The molecule has 82 valence electrons. The Labute approximate surface area is 85.8 Å². The molecule has 0 aromatic rings. The lowest BCUT2D eigenvalue weighted by molar-refractivity contribution is 0.0249. The van der Waals surface area contributed by atoms with E-state index < -0.39 is 6.16 Å². The molecule has 0 radical (unpaired) electrons. The molecule has 3 nitrogen and oxygen atoms in total. The molecule has 1 aliphatic rings. The minimum absolute atomic E-state index is 0.119. The Morgan fingerprint density at radius 3 is 2.64 bits per heavy atom. The molecule has 1 fully saturated rings. The Kier molecular flexibility index (Phi) is 5.42. The molecule has 3 heteroatoms. The number of ether oxygens (including phenoxy) is 2. The molecule has 0 saturated heterocycles. The molecule has 0 amide bonds. The van der Waals surface area contributed by atoms with E-state index in [1.807, 2.05) is 0 Å². The van der Waals surface area contributed by atoms with E-state index in [4.69, 9.17) is 9.47 Å². The minimum atomic E-state index is -0.479. The van der Waals surface area contributed by atoms with Gasteiger partial charge in [0.25, 0.3) is 0 Å². The summed E-state index contributed by atoms with van der Waals surface area (Å²) < 4.78 is 10.1. The SMILES string of the molecule is CCCCCOC(=O)OC1CCCC1. The molecule has 1 rings (SSSR count).